The predicted octanol–water partition coefficient (Wildman–Crippen LogP) is 3.62. The van der Waals surface area contributed by atoms with E-state index in [0.717, 1.165) is 16.4 Å². The molecule has 0 aliphatic carbocycles. The molecule has 0 fully saturated rings. The Morgan fingerprint density at radius 2 is 2.00 bits per heavy atom. The Bertz CT molecular complexity index is 1280. The van der Waals surface area contributed by atoms with Gasteiger partial charge in [0.1, 0.15) is 11.5 Å². The number of H-pyrrole nitrogens is 1. The van der Waals surface area contributed by atoms with Gasteiger partial charge in [0.25, 0.3) is 0 Å². The monoisotopic (exact) mass is 433 g/mol. The Hall–Kier alpha value is -3.36. The number of anilines is 1. The van der Waals surface area contributed by atoms with Crippen LogP contribution in [0.5, 0.6) is 0 Å². The van der Waals surface area contributed by atoms with Crippen LogP contribution in [0.1, 0.15) is 29.8 Å². The van der Waals surface area contributed by atoms with Crippen LogP contribution in [0.3, 0.4) is 0 Å². The molecule has 2 N–H and O–H groups in total. The highest BCUT2D eigenvalue weighted by atomic mass is 32.2. The summed E-state index contributed by atoms with van der Waals surface area (Å²) in [5.74, 6) is -3.49. The van der Waals surface area contributed by atoms with Crippen molar-refractivity contribution in [2.45, 2.75) is 13.8 Å². The normalized spacial score (nSPS) is 11.6. The molecular formula is C19H17F2N5O3S. The number of carbonyl (C=O) groups is 1. The van der Waals surface area contributed by atoms with Crippen molar-refractivity contribution in [1.82, 2.24) is 14.3 Å². The first kappa shape index (κ1) is 21.4. The molecule has 0 unspecified atom stereocenters. The minimum atomic E-state index is -4.09. The molecule has 0 saturated heterocycles. The third kappa shape index (κ3) is 3.74. The van der Waals surface area contributed by atoms with Crippen LogP contribution in [0.2, 0.25) is 0 Å². The fourth-order valence-corrected chi connectivity index (χ4v) is 4.23. The molecule has 156 valence electrons. The van der Waals surface area contributed by atoms with Crippen LogP contribution in [0.4, 0.5) is 20.2 Å². The van der Waals surface area contributed by atoms with Gasteiger partial charge in [-0.2, -0.15) is 12.7 Å². The molecule has 0 saturated carbocycles. The summed E-state index contributed by atoms with van der Waals surface area (Å²) in [5, 5.41) is 0.224. The first-order chi connectivity index (χ1) is 14.2. The maximum absolute atomic E-state index is 15.0. The summed E-state index contributed by atoms with van der Waals surface area (Å²) in [6.07, 6.45) is 2.53. The summed E-state index contributed by atoms with van der Waals surface area (Å²) in [6, 6.07) is 3.10. The highest BCUT2D eigenvalue weighted by Crippen LogP contribution is 2.29. The van der Waals surface area contributed by atoms with Gasteiger partial charge in [0, 0.05) is 36.4 Å². The van der Waals surface area contributed by atoms with E-state index in [9.17, 15) is 17.6 Å². The molecule has 0 aliphatic rings. The zero-order chi connectivity index (χ0) is 22.1. The number of ketones is 1. The topological polar surface area (TPSA) is 99.5 Å². The van der Waals surface area contributed by atoms with Crippen molar-refractivity contribution >= 4 is 38.4 Å². The molecule has 1 aromatic carbocycles. The van der Waals surface area contributed by atoms with Crippen molar-refractivity contribution < 1.29 is 22.0 Å². The van der Waals surface area contributed by atoms with Crippen molar-refractivity contribution in [3.63, 3.8) is 0 Å². The molecule has 0 spiro atoms. The maximum atomic E-state index is 15.0. The summed E-state index contributed by atoms with van der Waals surface area (Å²) < 4.78 is 57.3. The SMILES string of the molecule is [C-]#[N+]c1cnc2[nH]cc(C(=O)c3c(F)ccc(NS(=O)(=O)N(CC)CC)c3F)c2c1. The number of rotatable bonds is 7. The van der Waals surface area contributed by atoms with Gasteiger partial charge >= 0.3 is 10.2 Å². The maximum Gasteiger partial charge on any atom is 0.301 e. The zero-order valence-electron chi connectivity index (χ0n) is 16.0. The smallest absolute Gasteiger partial charge is 0.301 e. The van der Waals surface area contributed by atoms with Crippen molar-refractivity contribution in [1.29, 1.82) is 0 Å². The molecule has 0 bridgehead atoms. The van der Waals surface area contributed by atoms with Gasteiger partial charge in [-0.25, -0.2) is 13.6 Å². The molecule has 0 amide bonds. The first-order valence-electron chi connectivity index (χ1n) is 8.88. The van der Waals surface area contributed by atoms with E-state index < -0.39 is 38.9 Å². The van der Waals surface area contributed by atoms with Gasteiger partial charge in [-0.15, -0.1) is 0 Å². The lowest BCUT2D eigenvalue weighted by Crippen LogP contribution is -2.35. The van der Waals surface area contributed by atoms with E-state index in [4.69, 9.17) is 6.57 Å². The van der Waals surface area contributed by atoms with E-state index in [2.05, 4.69) is 19.5 Å². The van der Waals surface area contributed by atoms with Gasteiger partial charge in [-0.3, -0.25) is 14.5 Å². The second kappa shape index (κ2) is 8.17. The van der Waals surface area contributed by atoms with Crippen molar-refractivity contribution in [2.24, 2.45) is 0 Å². The minimum absolute atomic E-state index is 0.0930. The highest BCUT2D eigenvalue weighted by molar-refractivity contribution is 7.90. The molecule has 8 nitrogen and oxygen atoms in total. The largest absolute Gasteiger partial charge is 0.345 e. The quantitative estimate of drug-likeness (QED) is 0.439. The van der Waals surface area contributed by atoms with Gasteiger partial charge in [0.2, 0.25) is 11.5 Å². The highest BCUT2D eigenvalue weighted by Gasteiger charge is 2.27. The molecule has 0 atom stereocenters. The fourth-order valence-electron chi connectivity index (χ4n) is 2.98. The third-order valence-electron chi connectivity index (χ3n) is 4.49. The molecule has 3 aromatic rings. The molecule has 30 heavy (non-hydrogen) atoms. The summed E-state index contributed by atoms with van der Waals surface area (Å²) in [4.78, 5) is 22.9. The van der Waals surface area contributed by atoms with Crippen molar-refractivity contribution in [3.8, 4) is 0 Å². The Morgan fingerprint density at radius 1 is 1.30 bits per heavy atom. The number of aromatic amines is 1. The van der Waals surface area contributed by atoms with E-state index in [1.165, 1.54) is 18.5 Å². The predicted molar refractivity (Wildman–Crippen MR) is 108 cm³/mol. The number of benzene rings is 1. The zero-order valence-corrected chi connectivity index (χ0v) is 16.8. The number of nitrogens with zero attached hydrogens (tertiary/aromatic N) is 3. The van der Waals surface area contributed by atoms with E-state index in [1.807, 2.05) is 0 Å². The van der Waals surface area contributed by atoms with Crippen LogP contribution < -0.4 is 4.72 Å². The third-order valence-corrected chi connectivity index (χ3v) is 6.17. The van der Waals surface area contributed by atoms with E-state index in [-0.39, 0.29) is 35.4 Å². The second-order valence-corrected chi connectivity index (χ2v) is 7.88. The van der Waals surface area contributed by atoms with Crippen LogP contribution in [-0.4, -0.2) is 41.6 Å². The van der Waals surface area contributed by atoms with Crippen molar-refractivity contribution in [3.05, 3.63) is 64.8 Å². The van der Waals surface area contributed by atoms with Gasteiger partial charge in [-0.05, 0) is 18.2 Å². The number of pyridine rings is 1. The lowest BCUT2D eigenvalue weighted by atomic mass is 10.0. The van der Waals surface area contributed by atoms with Gasteiger partial charge in [-0.1, -0.05) is 13.8 Å². The number of aromatic nitrogens is 2. The number of nitrogens with one attached hydrogen (secondary N) is 2. The summed E-state index contributed by atoms with van der Waals surface area (Å²) in [5.41, 5.74) is -1.14. The van der Waals surface area contributed by atoms with E-state index >= 15 is 4.39 Å². The van der Waals surface area contributed by atoms with E-state index in [1.54, 1.807) is 13.8 Å². The lowest BCUT2D eigenvalue weighted by molar-refractivity contribution is 0.103. The van der Waals surface area contributed by atoms with Crippen LogP contribution in [0.25, 0.3) is 15.9 Å². The fraction of sp³-hybridized carbons (Fsp3) is 0.211. The Kier molecular flexibility index (Phi) is 5.82. The molecule has 11 heteroatoms. The molecule has 0 radical (unpaired) electrons. The molecule has 3 rings (SSSR count). The Labute approximate surface area is 171 Å². The summed E-state index contributed by atoms with van der Waals surface area (Å²) in [6.45, 7) is 10.6. The minimum Gasteiger partial charge on any atom is -0.345 e. The Morgan fingerprint density at radius 3 is 2.63 bits per heavy atom. The number of fused-ring (bicyclic) bond motifs is 1. The number of hydrogen-bond acceptors (Lipinski definition) is 4. The summed E-state index contributed by atoms with van der Waals surface area (Å²) >= 11 is 0. The van der Waals surface area contributed by atoms with E-state index in [0.29, 0.717) is 0 Å². The standard InChI is InChI=1S/C19H17F2N5O3S/c1-4-26(5-2)30(28,29)25-15-7-6-14(20)16(17(15)21)18(27)13-10-24-19-12(13)8-11(22-3)9-23-19/h6-10,25H,4-5H2,1-2H3,(H,23,24). The summed E-state index contributed by atoms with van der Waals surface area (Å²) in [7, 11) is -4.09. The van der Waals surface area contributed by atoms with Crippen LogP contribution in [0.15, 0.2) is 30.6 Å². The molecule has 0 aliphatic heterocycles. The van der Waals surface area contributed by atoms with Gasteiger partial charge in [0.15, 0.2) is 5.82 Å². The van der Waals surface area contributed by atoms with Gasteiger partial charge in [0.05, 0.1) is 17.8 Å². The molecule has 2 heterocycles. The number of carbonyl (C=O) groups excluding carboxylic acids is 1. The number of halogens is 2. The first-order valence-corrected chi connectivity index (χ1v) is 10.3. The van der Waals surface area contributed by atoms with Crippen LogP contribution >= 0.6 is 0 Å². The molecule has 2 aromatic heterocycles. The van der Waals surface area contributed by atoms with Crippen molar-refractivity contribution in [2.75, 3.05) is 17.8 Å². The van der Waals surface area contributed by atoms with Crippen LogP contribution in [0, 0.1) is 18.2 Å². The number of hydrogen-bond donors (Lipinski definition) is 2. The second-order valence-electron chi connectivity index (χ2n) is 6.21. The lowest BCUT2D eigenvalue weighted by Gasteiger charge is -2.20. The van der Waals surface area contributed by atoms with Crippen LogP contribution in [-0.2, 0) is 10.2 Å². The average molecular weight is 433 g/mol. The van der Waals surface area contributed by atoms with Gasteiger partial charge < -0.3 is 4.98 Å². The average Bonchev–Trinajstić information content (AvgIpc) is 3.13. The Balaban J connectivity index is 2.08. The molecular weight excluding hydrogens is 416 g/mol.